The van der Waals surface area contributed by atoms with E-state index in [1.807, 2.05) is 30.3 Å². The molecule has 0 radical (unpaired) electrons. The van der Waals surface area contributed by atoms with Crippen LogP contribution in [0.25, 0.3) is 0 Å². The number of hydrogen-bond acceptors (Lipinski definition) is 1. The molecule has 0 fully saturated rings. The van der Waals surface area contributed by atoms with Gasteiger partial charge in [-0.1, -0.05) is 18.2 Å². The van der Waals surface area contributed by atoms with Gasteiger partial charge in [0.2, 0.25) is 0 Å². The van der Waals surface area contributed by atoms with E-state index in [2.05, 4.69) is 9.47 Å². The van der Waals surface area contributed by atoms with E-state index in [0.717, 1.165) is 5.75 Å². The summed E-state index contributed by atoms with van der Waals surface area (Å²) in [5.41, 5.74) is 0. The van der Waals surface area contributed by atoms with Gasteiger partial charge < -0.3 is 4.52 Å². The summed E-state index contributed by atoms with van der Waals surface area (Å²) in [5, 5.41) is 0. The van der Waals surface area contributed by atoms with Crippen molar-refractivity contribution in [3.63, 3.8) is 0 Å². The van der Waals surface area contributed by atoms with Crippen molar-refractivity contribution in [1.29, 1.82) is 0 Å². The first kappa shape index (κ1) is 9.18. The molecule has 0 saturated heterocycles. The van der Waals surface area contributed by atoms with Crippen LogP contribution >= 0.6 is 33.4 Å². The van der Waals surface area contributed by atoms with Crippen molar-refractivity contribution >= 4 is 33.4 Å². The van der Waals surface area contributed by atoms with Crippen molar-refractivity contribution in [2.24, 2.45) is 0 Å². The molecule has 1 unspecified atom stereocenters. The summed E-state index contributed by atoms with van der Waals surface area (Å²) in [6.45, 7) is 0. The van der Waals surface area contributed by atoms with Gasteiger partial charge in [-0.2, -0.15) is 0 Å². The van der Waals surface area contributed by atoms with E-state index in [9.17, 15) is 0 Å². The number of benzene rings is 1. The van der Waals surface area contributed by atoms with Crippen LogP contribution < -0.4 is 4.52 Å². The summed E-state index contributed by atoms with van der Waals surface area (Å²) in [4.78, 5) is 0. The largest absolute Gasteiger partial charge is 0.480 e. The molecule has 1 aromatic carbocycles. The van der Waals surface area contributed by atoms with E-state index in [1.165, 1.54) is 0 Å². The topological polar surface area (TPSA) is 9.23 Å². The Balaban J connectivity index is 0.000000640. The van der Waals surface area contributed by atoms with Crippen LogP contribution in [0.3, 0.4) is 0 Å². The predicted molar refractivity (Wildman–Crippen MR) is 52.2 cm³/mol. The number of para-hydroxylation sites is 1. The van der Waals surface area contributed by atoms with Crippen LogP contribution in [0.15, 0.2) is 30.3 Å². The molecule has 1 rings (SSSR count). The van der Waals surface area contributed by atoms with Crippen LogP contribution in [0, 0.1) is 0 Å². The third kappa shape index (κ3) is 3.01. The van der Waals surface area contributed by atoms with Crippen molar-refractivity contribution in [1.82, 2.24) is 0 Å². The van der Waals surface area contributed by atoms with Crippen molar-refractivity contribution in [2.75, 3.05) is 0 Å². The van der Waals surface area contributed by atoms with Gasteiger partial charge in [-0.25, -0.2) is 0 Å². The number of hydrogen-bond donors (Lipinski definition) is 0. The van der Waals surface area contributed by atoms with Gasteiger partial charge in [0.1, 0.15) is 5.75 Å². The van der Waals surface area contributed by atoms with Gasteiger partial charge in [-0.15, -0.1) is 24.0 Å². The molecule has 3 heteroatoms. The van der Waals surface area contributed by atoms with E-state index in [1.54, 1.807) is 0 Å². The van der Waals surface area contributed by atoms with Gasteiger partial charge in [-0.3, -0.25) is 0 Å². The maximum absolute atomic E-state index is 4.83. The second-order valence-electron chi connectivity index (χ2n) is 1.43. The van der Waals surface area contributed by atoms with Crippen LogP contribution in [0.5, 0.6) is 5.75 Å². The minimum absolute atomic E-state index is 0. The molecular weight excluding hydrogens is 246 g/mol. The van der Waals surface area contributed by atoms with Crippen LogP contribution in [-0.4, -0.2) is 0 Å². The van der Waals surface area contributed by atoms with Crippen LogP contribution in [-0.2, 0) is 0 Å². The fourth-order valence-electron chi connectivity index (χ4n) is 0.499. The summed E-state index contributed by atoms with van der Waals surface area (Å²) in [5.74, 6) is 0.873. The molecule has 0 aliphatic carbocycles. The predicted octanol–water partition coefficient (Wildman–Crippen LogP) is 2.47. The maximum atomic E-state index is 4.83. The Labute approximate surface area is 74.1 Å². The van der Waals surface area contributed by atoms with Crippen molar-refractivity contribution < 1.29 is 4.52 Å². The smallest absolute Gasteiger partial charge is 0.122 e. The molecular formula is C6H8IOP. The molecule has 0 amide bonds. The van der Waals surface area contributed by atoms with Crippen LogP contribution in [0.1, 0.15) is 0 Å². The van der Waals surface area contributed by atoms with Gasteiger partial charge in [0.25, 0.3) is 0 Å². The summed E-state index contributed by atoms with van der Waals surface area (Å²) < 4.78 is 4.83. The zero-order valence-corrected chi connectivity index (χ0v) is 8.27. The summed E-state index contributed by atoms with van der Waals surface area (Å²) in [6, 6.07) is 9.60. The number of halogens is 1. The Bertz CT molecular complexity index is 154. The van der Waals surface area contributed by atoms with Crippen LogP contribution in [0.4, 0.5) is 0 Å². The standard InChI is InChI=1S/C6H7OP.HI/c8-7-6-4-2-1-3-5-6;/h1-5H,8H2;1H. The minimum atomic E-state index is 0. The Morgan fingerprint density at radius 3 is 2.00 bits per heavy atom. The molecule has 0 aliphatic rings. The van der Waals surface area contributed by atoms with Crippen molar-refractivity contribution in [2.45, 2.75) is 0 Å². The summed E-state index contributed by atoms with van der Waals surface area (Å²) >= 11 is 0. The fraction of sp³-hybridized carbons (Fsp3) is 0. The fourth-order valence-corrected chi connectivity index (χ4v) is 0.656. The van der Waals surface area contributed by atoms with Crippen molar-refractivity contribution in [3.8, 4) is 5.75 Å². The molecule has 1 atom stereocenters. The Kier molecular flexibility index (Phi) is 5.10. The van der Waals surface area contributed by atoms with E-state index >= 15 is 0 Å². The normalized spacial score (nSPS) is 7.67. The summed E-state index contributed by atoms with van der Waals surface area (Å²) in [7, 11) is 2.19. The van der Waals surface area contributed by atoms with Gasteiger partial charge in [0.05, 0.1) is 9.47 Å². The van der Waals surface area contributed by atoms with E-state index in [0.29, 0.717) is 0 Å². The molecule has 9 heavy (non-hydrogen) atoms. The molecule has 50 valence electrons. The maximum Gasteiger partial charge on any atom is 0.122 e. The van der Waals surface area contributed by atoms with Crippen molar-refractivity contribution in [3.05, 3.63) is 30.3 Å². The lowest BCUT2D eigenvalue weighted by Crippen LogP contribution is -1.68. The lowest BCUT2D eigenvalue weighted by Gasteiger charge is -1.93. The second kappa shape index (κ2) is 5.00. The highest BCUT2D eigenvalue weighted by atomic mass is 127. The molecule has 0 spiro atoms. The third-order valence-corrected chi connectivity index (χ3v) is 1.15. The SMILES string of the molecule is I.POc1ccccc1. The first-order valence-electron chi connectivity index (χ1n) is 2.35. The van der Waals surface area contributed by atoms with E-state index in [4.69, 9.17) is 4.52 Å². The molecule has 0 aromatic heterocycles. The first-order chi connectivity index (χ1) is 3.93. The van der Waals surface area contributed by atoms with Gasteiger partial charge in [-0.05, 0) is 12.1 Å². The molecule has 0 aliphatic heterocycles. The molecule has 0 bridgehead atoms. The molecule has 0 heterocycles. The van der Waals surface area contributed by atoms with Gasteiger partial charge >= 0.3 is 0 Å². The Morgan fingerprint density at radius 1 is 1.11 bits per heavy atom. The second-order valence-corrected chi connectivity index (χ2v) is 1.67. The molecule has 0 N–H and O–H groups in total. The minimum Gasteiger partial charge on any atom is -0.480 e. The van der Waals surface area contributed by atoms with E-state index in [-0.39, 0.29) is 24.0 Å². The van der Waals surface area contributed by atoms with Crippen LogP contribution in [0.2, 0.25) is 0 Å². The van der Waals surface area contributed by atoms with Gasteiger partial charge in [0.15, 0.2) is 0 Å². The lowest BCUT2D eigenvalue weighted by atomic mass is 10.3. The highest BCUT2D eigenvalue weighted by Gasteiger charge is 1.80. The monoisotopic (exact) mass is 254 g/mol. The summed E-state index contributed by atoms with van der Waals surface area (Å²) in [6.07, 6.45) is 0. The highest BCUT2D eigenvalue weighted by Crippen LogP contribution is 2.09. The van der Waals surface area contributed by atoms with E-state index < -0.39 is 0 Å². The lowest BCUT2D eigenvalue weighted by molar-refractivity contribution is 0.646. The number of rotatable bonds is 1. The zero-order valence-electron chi connectivity index (χ0n) is 4.78. The van der Waals surface area contributed by atoms with Gasteiger partial charge in [0, 0.05) is 0 Å². The Morgan fingerprint density at radius 2 is 1.67 bits per heavy atom. The highest BCUT2D eigenvalue weighted by molar-refractivity contribution is 14.0. The molecule has 0 saturated carbocycles. The quantitative estimate of drug-likeness (QED) is 0.552. The average Bonchev–Trinajstić information content (AvgIpc) is 1.90. The molecule has 1 aromatic rings. The average molecular weight is 254 g/mol. The first-order valence-corrected chi connectivity index (χ1v) is 2.82. The zero-order chi connectivity index (χ0) is 5.82. The third-order valence-electron chi connectivity index (χ3n) is 0.879. The molecule has 1 nitrogen and oxygen atoms in total. The Hall–Kier alpha value is 0.180.